The van der Waals surface area contributed by atoms with Crippen molar-refractivity contribution < 1.29 is 22.8 Å². The average Bonchev–Trinajstić information content (AvgIpc) is 3.16. The number of aromatic nitrogens is 2. The van der Waals surface area contributed by atoms with E-state index in [0.29, 0.717) is 11.4 Å². The van der Waals surface area contributed by atoms with E-state index in [9.17, 15) is 27.6 Å². The molecule has 0 radical (unpaired) electrons. The van der Waals surface area contributed by atoms with Crippen LogP contribution in [0.5, 0.6) is 0 Å². The van der Waals surface area contributed by atoms with Crippen LogP contribution in [0.4, 0.5) is 18.0 Å². The Labute approximate surface area is 173 Å². The summed E-state index contributed by atoms with van der Waals surface area (Å²) in [4.78, 5) is 38.5. The van der Waals surface area contributed by atoms with Crippen LogP contribution in [0.3, 0.4) is 0 Å². The fraction of sp³-hybridized carbons (Fsp3) is 0.0952. The molecule has 31 heavy (non-hydrogen) atoms. The van der Waals surface area contributed by atoms with Gasteiger partial charge in [-0.2, -0.15) is 0 Å². The molecule has 0 saturated carbocycles. The molecule has 1 saturated heterocycles. The molecule has 2 aromatic carbocycles. The normalized spacial score (nSPS) is 15.1. The highest BCUT2D eigenvalue weighted by molar-refractivity contribution is 6.13. The second kappa shape index (κ2) is 7.63. The lowest BCUT2D eigenvalue weighted by molar-refractivity contribution is -0.123. The van der Waals surface area contributed by atoms with E-state index in [1.54, 1.807) is 6.92 Å². The van der Waals surface area contributed by atoms with E-state index in [1.807, 2.05) is 0 Å². The van der Waals surface area contributed by atoms with Crippen molar-refractivity contribution in [2.45, 2.75) is 13.5 Å². The predicted octanol–water partition coefficient (Wildman–Crippen LogP) is 2.98. The number of carbonyl (C=O) groups excluding carboxylic acids is 2. The van der Waals surface area contributed by atoms with Crippen LogP contribution in [0.25, 0.3) is 11.8 Å². The molecule has 2 heterocycles. The van der Waals surface area contributed by atoms with Gasteiger partial charge in [0.2, 0.25) is 0 Å². The molecular formula is C21H15F3N4O3. The quantitative estimate of drug-likeness (QED) is 0.495. The molecule has 1 aliphatic rings. The van der Waals surface area contributed by atoms with Gasteiger partial charge >= 0.3 is 6.03 Å². The van der Waals surface area contributed by atoms with Crippen LogP contribution in [0.1, 0.15) is 16.8 Å². The summed E-state index contributed by atoms with van der Waals surface area (Å²) in [5.41, 5.74) is 0.516. The van der Waals surface area contributed by atoms with Gasteiger partial charge in [0.05, 0.1) is 17.8 Å². The molecule has 1 fully saturated rings. The van der Waals surface area contributed by atoms with E-state index in [4.69, 9.17) is 0 Å². The molecule has 0 atom stereocenters. The number of halogens is 3. The molecule has 2 N–H and O–H groups in total. The maximum Gasteiger partial charge on any atom is 0.329 e. The fourth-order valence-electron chi connectivity index (χ4n) is 3.18. The van der Waals surface area contributed by atoms with Gasteiger partial charge in [-0.05, 0) is 55.0 Å². The van der Waals surface area contributed by atoms with Gasteiger partial charge < -0.3 is 5.32 Å². The van der Waals surface area contributed by atoms with Gasteiger partial charge in [-0.25, -0.2) is 22.6 Å². The highest BCUT2D eigenvalue weighted by atomic mass is 19.2. The first kappa shape index (κ1) is 20.2. The van der Waals surface area contributed by atoms with Crippen LogP contribution in [0.15, 0.2) is 53.0 Å². The Bertz CT molecular complexity index is 1290. The number of carbonyl (C=O) groups is 2. The summed E-state index contributed by atoms with van der Waals surface area (Å²) in [6, 6.07) is 7.54. The van der Waals surface area contributed by atoms with Crippen LogP contribution in [-0.2, 0) is 11.3 Å². The van der Waals surface area contributed by atoms with Gasteiger partial charge in [-0.1, -0.05) is 6.07 Å². The summed E-state index contributed by atoms with van der Waals surface area (Å²) >= 11 is 0. The van der Waals surface area contributed by atoms with Crippen molar-refractivity contribution in [3.8, 4) is 5.69 Å². The van der Waals surface area contributed by atoms with E-state index >= 15 is 0 Å². The number of aromatic amines is 1. The third kappa shape index (κ3) is 3.75. The van der Waals surface area contributed by atoms with Gasteiger partial charge in [0.25, 0.3) is 11.5 Å². The number of urea groups is 1. The molecule has 0 aliphatic carbocycles. The Hall–Kier alpha value is -4.08. The van der Waals surface area contributed by atoms with Gasteiger partial charge in [-0.3, -0.25) is 19.6 Å². The van der Waals surface area contributed by atoms with Crippen molar-refractivity contribution in [1.29, 1.82) is 0 Å². The number of benzene rings is 2. The third-order valence-electron chi connectivity index (χ3n) is 4.78. The first-order valence-corrected chi connectivity index (χ1v) is 9.10. The second-order valence-corrected chi connectivity index (χ2v) is 6.90. The zero-order chi connectivity index (χ0) is 22.3. The van der Waals surface area contributed by atoms with Gasteiger partial charge in [0.15, 0.2) is 11.6 Å². The van der Waals surface area contributed by atoms with E-state index < -0.39 is 34.9 Å². The molecule has 7 nitrogen and oxygen atoms in total. The average molecular weight is 428 g/mol. The highest BCUT2D eigenvalue weighted by Crippen LogP contribution is 2.19. The number of nitrogens with one attached hydrogen (secondary N) is 2. The largest absolute Gasteiger partial charge is 0.329 e. The van der Waals surface area contributed by atoms with Crippen LogP contribution in [0.2, 0.25) is 0 Å². The Kier molecular flexibility index (Phi) is 4.97. The Morgan fingerprint density at radius 3 is 2.35 bits per heavy atom. The number of hydrogen-bond acceptors (Lipinski definition) is 3. The summed E-state index contributed by atoms with van der Waals surface area (Å²) in [5.74, 6) is -3.31. The third-order valence-corrected chi connectivity index (χ3v) is 4.78. The first-order valence-electron chi connectivity index (χ1n) is 9.10. The summed E-state index contributed by atoms with van der Waals surface area (Å²) in [6.45, 7) is 1.33. The lowest BCUT2D eigenvalue weighted by Crippen LogP contribution is -2.30. The van der Waals surface area contributed by atoms with Crippen molar-refractivity contribution in [3.63, 3.8) is 0 Å². The smallest absolute Gasteiger partial charge is 0.303 e. The molecule has 1 aromatic heterocycles. The zero-order valence-corrected chi connectivity index (χ0v) is 16.1. The van der Waals surface area contributed by atoms with Crippen molar-refractivity contribution in [2.75, 3.05) is 0 Å². The Morgan fingerprint density at radius 1 is 0.968 bits per heavy atom. The van der Waals surface area contributed by atoms with Crippen LogP contribution < -0.4 is 10.9 Å². The van der Waals surface area contributed by atoms with Crippen molar-refractivity contribution in [3.05, 3.63) is 92.8 Å². The molecule has 158 valence electrons. The van der Waals surface area contributed by atoms with Gasteiger partial charge in [0.1, 0.15) is 11.5 Å². The minimum atomic E-state index is -1.09. The minimum absolute atomic E-state index is 0.127. The first-order chi connectivity index (χ1) is 14.7. The summed E-state index contributed by atoms with van der Waals surface area (Å²) in [5, 5.41) is 5.21. The topological polar surface area (TPSA) is 87.2 Å². The molecular weight excluding hydrogens is 413 g/mol. The number of imide groups is 1. The number of H-pyrrole nitrogens is 1. The fourth-order valence-corrected chi connectivity index (χ4v) is 3.18. The summed E-state index contributed by atoms with van der Waals surface area (Å²) in [6.07, 6.45) is 1.24. The van der Waals surface area contributed by atoms with Crippen LogP contribution in [-0.4, -0.2) is 26.6 Å². The molecule has 3 amide bonds. The van der Waals surface area contributed by atoms with Crippen molar-refractivity contribution in [1.82, 2.24) is 20.0 Å². The van der Waals surface area contributed by atoms with E-state index in [2.05, 4.69) is 10.4 Å². The second-order valence-electron chi connectivity index (χ2n) is 6.90. The summed E-state index contributed by atoms with van der Waals surface area (Å²) in [7, 11) is 0. The van der Waals surface area contributed by atoms with E-state index in [-0.39, 0.29) is 23.4 Å². The van der Waals surface area contributed by atoms with Crippen molar-refractivity contribution >= 4 is 18.0 Å². The molecule has 1 aliphatic heterocycles. The zero-order valence-electron chi connectivity index (χ0n) is 16.1. The standard InChI is InChI=1S/C21H15F3N4O3/c1-11-15(19(29)28(26-11)14-5-3-13(22)4-6-14)9-18-20(30)27(21(31)25-18)10-12-2-7-16(23)17(24)8-12/h2-9,26H,10H2,1H3,(H,25,31)/b18-9-. The monoisotopic (exact) mass is 428 g/mol. The Balaban J connectivity index is 1.63. The highest BCUT2D eigenvalue weighted by Gasteiger charge is 2.34. The van der Waals surface area contributed by atoms with Crippen LogP contribution in [0, 0.1) is 24.4 Å². The molecule has 10 heteroatoms. The maximum absolute atomic E-state index is 13.4. The number of nitrogens with zero attached hydrogens (tertiary/aromatic N) is 2. The number of rotatable bonds is 4. The SMILES string of the molecule is Cc1[nH]n(-c2ccc(F)cc2)c(=O)c1/C=C1\NC(=O)N(Cc2ccc(F)c(F)c2)C1=O. The van der Waals surface area contributed by atoms with Crippen LogP contribution >= 0.6 is 0 Å². The Morgan fingerprint density at radius 2 is 1.68 bits per heavy atom. The number of amides is 3. The molecule has 0 unspecified atom stereocenters. The van der Waals surface area contributed by atoms with E-state index in [0.717, 1.165) is 17.0 Å². The molecule has 4 rings (SSSR count). The number of aryl methyl sites for hydroxylation is 1. The van der Waals surface area contributed by atoms with Gasteiger partial charge in [-0.15, -0.1) is 0 Å². The maximum atomic E-state index is 13.4. The van der Waals surface area contributed by atoms with Gasteiger partial charge in [0, 0.05) is 5.69 Å². The summed E-state index contributed by atoms with van der Waals surface area (Å²) < 4.78 is 40.8. The van der Waals surface area contributed by atoms with Crippen molar-refractivity contribution in [2.24, 2.45) is 0 Å². The lowest BCUT2D eigenvalue weighted by Gasteiger charge is -2.11. The molecule has 0 bridgehead atoms. The minimum Gasteiger partial charge on any atom is -0.303 e. The number of hydrogen-bond donors (Lipinski definition) is 2. The lowest BCUT2D eigenvalue weighted by atomic mass is 10.2. The predicted molar refractivity (Wildman–Crippen MR) is 105 cm³/mol. The molecule has 3 aromatic rings. The van der Waals surface area contributed by atoms with E-state index in [1.165, 1.54) is 41.1 Å². The molecule has 0 spiro atoms.